The summed E-state index contributed by atoms with van der Waals surface area (Å²) in [6.07, 6.45) is 11.6. The van der Waals surface area contributed by atoms with E-state index in [1.54, 1.807) is 0 Å². The van der Waals surface area contributed by atoms with Crippen LogP contribution >= 0.6 is 11.8 Å². The molecule has 0 aromatic heterocycles. The van der Waals surface area contributed by atoms with Gasteiger partial charge in [-0.2, -0.15) is 11.8 Å². The van der Waals surface area contributed by atoms with Crippen molar-refractivity contribution in [2.45, 2.75) is 79.2 Å². The number of rotatable bonds is 16. The number of carboxylic acids is 1. The largest absolute Gasteiger partial charge is 0.480 e. The number of hydrogen-bond donors (Lipinski definition) is 3. The number of carboxylic acid groups (broad SMARTS) is 1. The molecule has 2 amide bonds. The first kappa shape index (κ1) is 29.0. The van der Waals surface area contributed by atoms with Gasteiger partial charge in [-0.25, -0.2) is 4.79 Å². The monoisotopic (exact) mass is 452 g/mol. The average molecular weight is 453 g/mol. The lowest BCUT2D eigenvalue weighted by molar-refractivity contribution is -0.141. The van der Waals surface area contributed by atoms with E-state index in [2.05, 4.69) is 56.6 Å². The molecular formula is C24H40N2O4S. The number of carbonyl (C=O) groups is 3. The van der Waals surface area contributed by atoms with Crippen LogP contribution in [0.1, 0.15) is 73.1 Å². The highest BCUT2D eigenvalue weighted by molar-refractivity contribution is 7.99. The normalized spacial score (nSPS) is 12.8. The Bertz CT molecular complexity index is 664. The van der Waals surface area contributed by atoms with Crippen LogP contribution in [0.5, 0.6) is 0 Å². The standard InChI is InChI=1S/C24H40N2O4S/c1-18(2)9-6-10-19(3)11-7-12-20(4)14-16-31-17-22(24(29)30)26-23(28)13-8-15-25-21(5)27/h9,11,14,22H,6-8,10,12-13,15-17H2,1-5H3,(H,25,27)(H,26,28)(H,29,30)/b19-11+,20-14+/t22-/m0/s1. The third-order valence-electron chi connectivity index (χ3n) is 4.54. The Kier molecular flexibility index (Phi) is 16.5. The first-order chi connectivity index (χ1) is 14.6. The highest BCUT2D eigenvalue weighted by Crippen LogP contribution is 2.13. The van der Waals surface area contributed by atoms with E-state index < -0.39 is 12.0 Å². The smallest absolute Gasteiger partial charge is 0.327 e. The Morgan fingerprint density at radius 3 is 2.10 bits per heavy atom. The maximum atomic E-state index is 11.9. The van der Waals surface area contributed by atoms with Gasteiger partial charge in [0.15, 0.2) is 0 Å². The molecule has 0 saturated carbocycles. The molecule has 0 aromatic rings. The zero-order chi connectivity index (χ0) is 23.6. The van der Waals surface area contributed by atoms with Crippen LogP contribution in [-0.2, 0) is 14.4 Å². The lowest BCUT2D eigenvalue weighted by atomic mass is 10.1. The number of amides is 2. The quantitative estimate of drug-likeness (QED) is 0.234. The van der Waals surface area contributed by atoms with Gasteiger partial charge in [0.2, 0.25) is 11.8 Å². The van der Waals surface area contributed by atoms with E-state index >= 15 is 0 Å². The number of thioether (sulfide) groups is 1. The molecule has 0 unspecified atom stereocenters. The van der Waals surface area contributed by atoms with E-state index in [1.807, 2.05) is 0 Å². The van der Waals surface area contributed by atoms with Crippen molar-refractivity contribution in [3.05, 3.63) is 34.9 Å². The van der Waals surface area contributed by atoms with Gasteiger partial charge in [-0.1, -0.05) is 34.9 Å². The fraction of sp³-hybridized carbons (Fsp3) is 0.625. The van der Waals surface area contributed by atoms with Gasteiger partial charge in [0, 0.05) is 31.4 Å². The molecule has 176 valence electrons. The van der Waals surface area contributed by atoms with Crippen molar-refractivity contribution in [1.29, 1.82) is 0 Å². The second kappa shape index (κ2) is 17.6. The van der Waals surface area contributed by atoms with Crippen LogP contribution in [0.2, 0.25) is 0 Å². The summed E-state index contributed by atoms with van der Waals surface area (Å²) in [7, 11) is 0. The molecule has 0 bridgehead atoms. The number of carbonyl (C=O) groups excluding carboxylic acids is 2. The number of aliphatic carboxylic acids is 1. The summed E-state index contributed by atoms with van der Waals surface area (Å²) in [4.78, 5) is 34.1. The van der Waals surface area contributed by atoms with E-state index in [9.17, 15) is 19.5 Å². The minimum Gasteiger partial charge on any atom is -0.480 e. The van der Waals surface area contributed by atoms with Crippen LogP contribution in [0.25, 0.3) is 0 Å². The Hall–Kier alpha value is -2.02. The molecule has 0 radical (unpaired) electrons. The minimum atomic E-state index is -1.03. The van der Waals surface area contributed by atoms with E-state index in [0.29, 0.717) is 18.7 Å². The van der Waals surface area contributed by atoms with Gasteiger partial charge in [0.05, 0.1) is 0 Å². The SMILES string of the molecule is CC(=O)NCCCC(=O)N[C@@H](CSC/C=C(\C)CC/C=C(\C)CCC=C(C)C)C(=O)O. The Morgan fingerprint density at radius 2 is 1.52 bits per heavy atom. The van der Waals surface area contributed by atoms with Crippen LogP contribution in [0.15, 0.2) is 34.9 Å². The van der Waals surface area contributed by atoms with Crippen molar-refractivity contribution >= 4 is 29.5 Å². The minimum absolute atomic E-state index is 0.144. The van der Waals surface area contributed by atoms with Crippen molar-refractivity contribution < 1.29 is 19.5 Å². The first-order valence-corrected chi connectivity index (χ1v) is 12.1. The Morgan fingerprint density at radius 1 is 0.903 bits per heavy atom. The third-order valence-corrected chi connectivity index (χ3v) is 5.52. The molecule has 0 rings (SSSR count). The number of nitrogens with one attached hydrogen (secondary N) is 2. The number of hydrogen-bond acceptors (Lipinski definition) is 4. The zero-order valence-corrected chi connectivity index (χ0v) is 20.6. The highest BCUT2D eigenvalue weighted by Gasteiger charge is 2.19. The summed E-state index contributed by atoms with van der Waals surface area (Å²) in [6, 6.07) is -0.904. The maximum absolute atomic E-state index is 11.9. The Balaban J connectivity index is 4.17. The number of allylic oxidation sites excluding steroid dienone is 5. The van der Waals surface area contributed by atoms with Crippen LogP contribution < -0.4 is 10.6 Å². The van der Waals surface area contributed by atoms with Crippen molar-refractivity contribution in [2.24, 2.45) is 0 Å². The molecule has 3 N–H and O–H groups in total. The molecule has 0 aliphatic heterocycles. The fourth-order valence-electron chi connectivity index (χ4n) is 2.68. The molecule has 0 fully saturated rings. The fourth-order valence-corrected chi connectivity index (χ4v) is 3.68. The van der Waals surface area contributed by atoms with E-state index in [0.717, 1.165) is 31.4 Å². The zero-order valence-electron chi connectivity index (χ0n) is 19.8. The van der Waals surface area contributed by atoms with Crippen molar-refractivity contribution in [3.8, 4) is 0 Å². The van der Waals surface area contributed by atoms with Gasteiger partial charge in [0.1, 0.15) is 6.04 Å². The molecule has 0 heterocycles. The summed E-state index contributed by atoms with van der Waals surface area (Å²) in [6.45, 7) is 10.3. The van der Waals surface area contributed by atoms with Gasteiger partial charge in [-0.05, 0) is 59.8 Å². The second-order valence-electron chi connectivity index (χ2n) is 8.04. The molecular weight excluding hydrogens is 412 g/mol. The van der Waals surface area contributed by atoms with Crippen molar-refractivity contribution in [1.82, 2.24) is 10.6 Å². The average Bonchev–Trinajstić information content (AvgIpc) is 2.67. The molecule has 0 saturated heterocycles. The van der Waals surface area contributed by atoms with Gasteiger partial charge in [0.25, 0.3) is 0 Å². The summed E-state index contributed by atoms with van der Waals surface area (Å²) in [5.74, 6) is -0.444. The van der Waals surface area contributed by atoms with Gasteiger partial charge >= 0.3 is 5.97 Å². The summed E-state index contributed by atoms with van der Waals surface area (Å²) in [5, 5.41) is 14.5. The molecule has 31 heavy (non-hydrogen) atoms. The topological polar surface area (TPSA) is 95.5 Å². The predicted octanol–water partition coefficient (Wildman–Crippen LogP) is 4.62. The first-order valence-electron chi connectivity index (χ1n) is 10.9. The molecule has 1 atom stereocenters. The summed E-state index contributed by atoms with van der Waals surface area (Å²) >= 11 is 1.49. The van der Waals surface area contributed by atoms with E-state index in [4.69, 9.17) is 0 Å². The van der Waals surface area contributed by atoms with Crippen molar-refractivity contribution in [3.63, 3.8) is 0 Å². The van der Waals surface area contributed by atoms with Gasteiger partial charge in [-0.15, -0.1) is 0 Å². The molecule has 0 spiro atoms. The predicted molar refractivity (Wildman–Crippen MR) is 130 cm³/mol. The maximum Gasteiger partial charge on any atom is 0.327 e. The molecule has 0 aliphatic carbocycles. The van der Waals surface area contributed by atoms with Crippen LogP contribution in [0, 0.1) is 0 Å². The van der Waals surface area contributed by atoms with E-state index in [-0.39, 0.29) is 18.2 Å². The van der Waals surface area contributed by atoms with E-state index in [1.165, 1.54) is 35.4 Å². The third kappa shape index (κ3) is 18.5. The summed E-state index contributed by atoms with van der Waals surface area (Å²) < 4.78 is 0. The van der Waals surface area contributed by atoms with Crippen LogP contribution in [0.3, 0.4) is 0 Å². The lowest BCUT2D eigenvalue weighted by Crippen LogP contribution is -2.42. The molecule has 0 aliphatic rings. The second-order valence-corrected chi connectivity index (χ2v) is 9.12. The van der Waals surface area contributed by atoms with Crippen molar-refractivity contribution in [2.75, 3.05) is 18.1 Å². The highest BCUT2D eigenvalue weighted by atomic mass is 32.2. The van der Waals surface area contributed by atoms with Gasteiger partial charge < -0.3 is 15.7 Å². The lowest BCUT2D eigenvalue weighted by Gasteiger charge is -2.14. The molecule has 6 nitrogen and oxygen atoms in total. The van der Waals surface area contributed by atoms with Crippen LogP contribution in [-0.4, -0.2) is 47.0 Å². The van der Waals surface area contributed by atoms with Crippen LogP contribution in [0.4, 0.5) is 0 Å². The summed E-state index contributed by atoms with van der Waals surface area (Å²) in [5.41, 5.74) is 4.06. The Labute approximate surface area is 192 Å². The molecule has 0 aromatic carbocycles. The molecule has 7 heteroatoms. The van der Waals surface area contributed by atoms with Gasteiger partial charge in [-0.3, -0.25) is 9.59 Å².